The van der Waals surface area contributed by atoms with Crippen molar-refractivity contribution >= 4 is 11.5 Å². The molecule has 0 spiro atoms. The van der Waals surface area contributed by atoms with Crippen LogP contribution in [0, 0.1) is 6.92 Å². The first-order valence-electron chi connectivity index (χ1n) is 3.33. The van der Waals surface area contributed by atoms with Crippen molar-refractivity contribution in [2.75, 3.05) is 5.73 Å². The van der Waals surface area contributed by atoms with Crippen molar-refractivity contribution in [1.29, 1.82) is 0 Å². The summed E-state index contributed by atoms with van der Waals surface area (Å²) < 4.78 is 1.81. The monoisotopic (exact) mass is 148 g/mol. The molecular weight excluding hydrogens is 140 g/mol. The second kappa shape index (κ2) is 1.95. The average molecular weight is 148 g/mol. The van der Waals surface area contributed by atoms with Crippen LogP contribution in [0.25, 0.3) is 5.52 Å². The van der Waals surface area contributed by atoms with E-state index < -0.39 is 0 Å². The third kappa shape index (κ3) is 0.756. The van der Waals surface area contributed by atoms with Crippen LogP contribution in [-0.4, -0.2) is 14.4 Å². The maximum absolute atomic E-state index is 5.57. The van der Waals surface area contributed by atoms with Gasteiger partial charge in [-0.1, -0.05) is 0 Å². The van der Waals surface area contributed by atoms with Crippen LogP contribution >= 0.6 is 0 Å². The second-order valence-electron chi connectivity index (χ2n) is 2.38. The minimum absolute atomic E-state index is 0.505. The minimum atomic E-state index is 0.505. The van der Waals surface area contributed by atoms with Crippen LogP contribution in [0.5, 0.6) is 0 Å². The number of nitrogen functional groups attached to an aromatic ring is 1. The molecule has 0 fully saturated rings. The highest BCUT2D eigenvalue weighted by molar-refractivity contribution is 5.53. The molecule has 0 amide bonds. The van der Waals surface area contributed by atoms with Gasteiger partial charge in [-0.05, 0) is 6.92 Å². The molecule has 0 aromatic carbocycles. The summed E-state index contributed by atoms with van der Waals surface area (Å²) in [6, 6.07) is 0. The van der Waals surface area contributed by atoms with Gasteiger partial charge in [0.2, 0.25) is 5.95 Å². The molecule has 0 bridgehead atoms. The number of anilines is 1. The predicted molar refractivity (Wildman–Crippen MR) is 42.1 cm³/mol. The van der Waals surface area contributed by atoms with Crippen LogP contribution in [0.1, 0.15) is 5.69 Å². The Labute approximate surface area is 63.7 Å². The highest BCUT2D eigenvalue weighted by atomic mass is 15.1. The topological polar surface area (TPSA) is 56.2 Å². The lowest BCUT2D eigenvalue weighted by molar-refractivity contribution is 1.09. The molecule has 2 N–H and O–H groups in total. The molecule has 2 heterocycles. The number of aryl methyl sites for hydroxylation is 1. The smallest absolute Gasteiger partial charge is 0.204 e. The third-order valence-electron chi connectivity index (χ3n) is 1.68. The first-order chi connectivity index (χ1) is 5.29. The summed E-state index contributed by atoms with van der Waals surface area (Å²) in [6.45, 7) is 1.93. The number of nitrogens with zero attached hydrogens (tertiary/aromatic N) is 3. The van der Waals surface area contributed by atoms with Gasteiger partial charge in [0.15, 0.2) is 0 Å². The van der Waals surface area contributed by atoms with Gasteiger partial charge in [0.05, 0.1) is 17.4 Å². The summed E-state index contributed by atoms with van der Waals surface area (Å²) in [5.41, 5.74) is 7.47. The van der Waals surface area contributed by atoms with Crippen molar-refractivity contribution < 1.29 is 0 Å². The van der Waals surface area contributed by atoms with Gasteiger partial charge in [-0.2, -0.15) is 0 Å². The highest BCUT2D eigenvalue weighted by Gasteiger charge is 2.00. The standard InChI is InChI=1S/C7H8N4/c1-5-6-4-10-7(8)11(6)3-2-9-5/h2-4H,1H3,(H2,8,10). The van der Waals surface area contributed by atoms with Gasteiger partial charge in [0, 0.05) is 12.4 Å². The fourth-order valence-electron chi connectivity index (χ4n) is 1.08. The van der Waals surface area contributed by atoms with E-state index in [-0.39, 0.29) is 0 Å². The number of nitrogens with two attached hydrogens (primary N) is 1. The Hall–Kier alpha value is -1.58. The normalized spacial score (nSPS) is 10.6. The summed E-state index contributed by atoms with van der Waals surface area (Å²) >= 11 is 0. The van der Waals surface area contributed by atoms with Crippen LogP contribution in [-0.2, 0) is 0 Å². The average Bonchev–Trinajstić information content (AvgIpc) is 2.35. The molecule has 2 aromatic rings. The Morgan fingerprint density at radius 2 is 2.27 bits per heavy atom. The van der Waals surface area contributed by atoms with Gasteiger partial charge < -0.3 is 5.73 Å². The van der Waals surface area contributed by atoms with Gasteiger partial charge in [0.25, 0.3) is 0 Å². The van der Waals surface area contributed by atoms with Crippen LogP contribution in [0.3, 0.4) is 0 Å². The fraction of sp³-hybridized carbons (Fsp3) is 0.143. The summed E-state index contributed by atoms with van der Waals surface area (Å²) in [5.74, 6) is 0.505. The summed E-state index contributed by atoms with van der Waals surface area (Å²) in [7, 11) is 0. The molecule has 0 atom stereocenters. The second-order valence-corrected chi connectivity index (χ2v) is 2.38. The van der Waals surface area contributed by atoms with E-state index in [1.54, 1.807) is 18.6 Å². The Balaban J connectivity index is 2.94. The number of rotatable bonds is 0. The van der Waals surface area contributed by atoms with Gasteiger partial charge in [0.1, 0.15) is 0 Å². The zero-order valence-corrected chi connectivity index (χ0v) is 6.15. The number of hydrogen-bond donors (Lipinski definition) is 1. The van der Waals surface area contributed by atoms with E-state index in [4.69, 9.17) is 5.73 Å². The molecule has 0 unspecified atom stereocenters. The lowest BCUT2D eigenvalue weighted by Gasteiger charge is -1.96. The Morgan fingerprint density at radius 3 is 3.00 bits per heavy atom. The minimum Gasteiger partial charge on any atom is -0.369 e. The fourth-order valence-corrected chi connectivity index (χ4v) is 1.08. The quantitative estimate of drug-likeness (QED) is 0.595. The largest absolute Gasteiger partial charge is 0.369 e. The molecule has 4 heteroatoms. The maximum Gasteiger partial charge on any atom is 0.204 e. The van der Waals surface area contributed by atoms with E-state index in [9.17, 15) is 0 Å². The van der Waals surface area contributed by atoms with Crippen molar-refractivity contribution in [3.63, 3.8) is 0 Å². The third-order valence-corrected chi connectivity index (χ3v) is 1.68. The van der Waals surface area contributed by atoms with Crippen molar-refractivity contribution in [2.24, 2.45) is 0 Å². The van der Waals surface area contributed by atoms with Gasteiger partial charge >= 0.3 is 0 Å². The molecule has 11 heavy (non-hydrogen) atoms. The highest BCUT2D eigenvalue weighted by Crippen LogP contribution is 2.09. The van der Waals surface area contributed by atoms with E-state index in [1.165, 1.54) is 0 Å². The van der Waals surface area contributed by atoms with Crippen molar-refractivity contribution in [3.8, 4) is 0 Å². The summed E-state index contributed by atoms with van der Waals surface area (Å²) in [5, 5.41) is 0. The number of imidazole rings is 1. The van der Waals surface area contributed by atoms with Crippen LogP contribution < -0.4 is 5.73 Å². The van der Waals surface area contributed by atoms with E-state index in [0.29, 0.717) is 5.95 Å². The lowest BCUT2D eigenvalue weighted by atomic mass is 10.4. The van der Waals surface area contributed by atoms with E-state index >= 15 is 0 Å². The van der Waals surface area contributed by atoms with Gasteiger partial charge in [-0.3, -0.25) is 9.38 Å². The Morgan fingerprint density at radius 1 is 1.45 bits per heavy atom. The van der Waals surface area contributed by atoms with E-state index in [2.05, 4.69) is 9.97 Å². The van der Waals surface area contributed by atoms with Gasteiger partial charge in [-0.15, -0.1) is 0 Å². The molecule has 0 aliphatic heterocycles. The first-order valence-corrected chi connectivity index (χ1v) is 3.33. The summed E-state index contributed by atoms with van der Waals surface area (Å²) in [6.07, 6.45) is 5.22. The molecule has 0 saturated heterocycles. The van der Waals surface area contributed by atoms with Crippen molar-refractivity contribution in [3.05, 3.63) is 24.3 Å². The number of fused-ring (bicyclic) bond motifs is 1. The van der Waals surface area contributed by atoms with Crippen LogP contribution in [0.15, 0.2) is 18.6 Å². The molecule has 56 valence electrons. The maximum atomic E-state index is 5.57. The Bertz CT molecular complexity index is 390. The molecule has 0 aliphatic rings. The first kappa shape index (κ1) is 6.15. The number of aromatic nitrogens is 3. The number of hydrogen-bond acceptors (Lipinski definition) is 3. The molecule has 0 aliphatic carbocycles. The molecular formula is C7H8N4. The predicted octanol–water partition coefficient (Wildman–Crippen LogP) is 0.620. The van der Waals surface area contributed by atoms with Crippen molar-refractivity contribution in [2.45, 2.75) is 6.92 Å². The van der Waals surface area contributed by atoms with E-state index in [0.717, 1.165) is 11.2 Å². The zero-order chi connectivity index (χ0) is 7.84. The van der Waals surface area contributed by atoms with Crippen LogP contribution in [0.4, 0.5) is 5.95 Å². The molecule has 2 aromatic heterocycles. The SMILES string of the molecule is Cc1nccn2c(N)ncc12. The van der Waals surface area contributed by atoms with Crippen molar-refractivity contribution in [1.82, 2.24) is 14.4 Å². The molecule has 0 saturated carbocycles. The van der Waals surface area contributed by atoms with Crippen LogP contribution in [0.2, 0.25) is 0 Å². The Kier molecular flexibility index (Phi) is 1.09. The summed E-state index contributed by atoms with van der Waals surface area (Å²) in [4.78, 5) is 8.06. The van der Waals surface area contributed by atoms with Gasteiger partial charge in [-0.25, -0.2) is 4.98 Å². The zero-order valence-electron chi connectivity index (χ0n) is 6.15. The van der Waals surface area contributed by atoms with E-state index in [1.807, 2.05) is 11.3 Å². The molecule has 4 nitrogen and oxygen atoms in total. The lowest BCUT2D eigenvalue weighted by Crippen LogP contribution is -1.95. The molecule has 2 rings (SSSR count). The molecule has 0 radical (unpaired) electrons.